The first-order chi connectivity index (χ1) is 11.2. The van der Waals surface area contributed by atoms with E-state index in [9.17, 15) is 4.79 Å². The van der Waals surface area contributed by atoms with Crippen molar-refractivity contribution in [3.8, 4) is 0 Å². The Balaban J connectivity index is 1.99. The maximum absolute atomic E-state index is 12.5. The van der Waals surface area contributed by atoms with E-state index in [0.29, 0.717) is 5.69 Å². The molecule has 6 nitrogen and oxygen atoms in total. The number of ether oxygens (including phenoxy) is 1. The van der Waals surface area contributed by atoms with Crippen LogP contribution in [0, 0.1) is 0 Å². The van der Waals surface area contributed by atoms with Gasteiger partial charge in [0, 0.05) is 49.1 Å². The number of hydrogen-bond donors (Lipinski definition) is 1. The van der Waals surface area contributed by atoms with Gasteiger partial charge in [0.25, 0.3) is 0 Å². The molecule has 2 N–H and O–H groups in total. The number of aromatic nitrogens is 1. The van der Waals surface area contributed by atoms with E-state index in [1.54, 1.807) is 6.20 Å². The standard InChI is InChI=1S/C18H26N4O2/c1-18(2,3)24-17(23)22-6-5-14-15(11-13(19)12-16(14)22)21-9-7-20(4)8-10-21/h5-6,11-12H,7-10,19H2,1-4H3. The normalized spacial score (nSPS) is 16.6. The molecule has 2 heterocycles. The molecular formula is C18H26N4O2. The van der Waals surface area contributed by atoms with Crippen LogP contribution in [0.2, 0.25) is 0 Å². The summed E-state index contributed by atoms with van der Waals surface area (Å²) in [6.45, 7) is 9.52. The van der Waals surface area contributed by atoms with E-state index >= 15 is 0 Å². The van der Waals surface area contributed by atoms with Gasteiger partial charge in [-0.25, -0.2) is 4.79 Å². The molecule has 130 valence electrons. The molecule has 24 heavy (non-hydrogen) atoms. The Labute approximate surface area is 142 Å². The third kappa shape index (κ3) is 3.33. The van der Waals surface area contributed by atoms with Crippen molar-refractivity contribution in [1.82, 2.24) is 9.47 Å². The predicted octanol–water partition coefficient (Wildman–Crippen LogP) is 2.76. The van der Waals surface area contributed by atoms with E-state index in [-0.39, 0.29) is 6.09 Å². The highest BCUT2D eigenvalue weighted by atomic mass is 16.6. The molecule has 2 aromatic rings. The second kappa shape index (κ2) is 6.02. The highest BCUT2D eigenvalue weighted by molar-refractivity contribution is 5.99. The number of nitrogens with two attached hydrogens (primary N) is 1. The molecule has 0 radical (unpaired) electrons. The Morgan fingerprint density at radius 3 is 2.46 bits per heavy atom. The van der Waals surface area contributed by atoms with Crippen LogP contribution < -0.4 is 10.6 Å². The zero-order chi connectivity index (χ0) is 17.5. The third-order valence-electron chi connectivity index (χ3n) is 4.24. The quantitative estimate of drug-likeness (QED) is 0.815. The van der Waals surface area contributed by atoms with Gasteiger partial charge in [-0.05, 0) is 46.0 Å². The molecule has 0 amide bonds. The Kier molecular flexibility index (Phi) is 4.17. The number of rotatable bonds is 1. The Morgan fingerprint density at radius 2 is 1.83 bits per heavy atom. The lowest BCUT2D eigenvalue weighted by atomic mass is 10.1. The molecular weight excluding hydrogens is 304 g/mol. The van der Waals surface area contributed by atoms with Gasteiger partial charge in [-0.2, -0.15) is 0 Å². The molecule has 0 spiro atoms. The Bertz CT molecular complexity index is 752. The van der Waals surface area contributed by atoms with Crippen LogP contribution in [0.5, 0.6) is 0 Å². The minimum absolute atomic E-state index is 0.382. The molecule has 3 rings (SSSR count). The zero-order valence-corrected chi connectivity index (χ0v) is 14.9. The molecule has 1 saturated heterocycles. The molecule has 1 aromatic carbocycles. The van der Waals surface area contributed by atoms with Crippen molar-refractivity contribution in [3.05, 3.63) is 24.4 Å². The number of hydrogen-bond acceptors (Lipinski definition) is 5. The van der Waals surface area contributed by atoms with Crippen molar-refractivity contribution < 1.29 is 9.53 Å². The predicted molar refractivity (Wildman–Crippen MR) is 97.7 cm³/mol. The summed E-state index contributed by atoms with van der Waals surface area (Å²) in [5, 5.41) is 1.03. The van der Waals surface area contributed by atoms with Crippen LogP contribution in [0.3, 0.4) is 0 Å². The van der Waals surface area contributed by atoms with Crippen molar-refractivity contribution in [2.75, 3.05) is 43.9 Å². The fourth-order valence-electron chi connectivity index (χ4n) is 3.02. The topological polar surface area (TPSA) is 63.7 Å². The number of carbonyl (C=O) groups excluding carboxylic acids is 1. The van der Waals surface area contributed by atoms with Gasteiger partial charge in [-0.15, -0.1) is 0 Å². The van der Waals surface area contributed by atoms with Crippen LogP contribution in [-0.4, -0.2) is 54.4 Å². The van der Waals surface area contributed by atoms with Crippen LogP contribution >= 0.6 is 0 Å². The first-order valence-corrected chi connectivity index (χ1v) is 8.32. The number of anilines is 2. The van der Waals surface area contributed by atoms with E-state index in [2.05, 4.69) is 16.8 Å². The number of carbonyl (C=O) groups is 1. The highest BCUT2D eigenvalue weighted by Gasteiger charge is 2.22. The van der Waals surface area contributed by atoms with Gasteiger partial charge in [0.15, 0.2) is 0 Å². The van der Waals surface area contributed by atoms with Gasteiger partial charge in [-0.3, -0.25) is 4.57 Å². The number of nitrogen functional groups attached to an aromatic ring is 1. The fraction of sp³-hybridized carbons (Fsp3) is 0.500. The third-order valence-corrected chi connectivity index (χ3v) is 4.24. The molecule has 1 fully saturated rings. The minimum atomic E-state index is -0.533. The van der Waals surface area contributed by atoms with E-state index in [1.807, 2.05) is 39.0 Å². The minimum Gasteiger partial charge on any atom is -0.443 e. The first-order valence-electron chi connectivity index (χ1n) is 8.32. The number of nitrogens with zero attached hydrogens (tertiary/aromatic N) is 3. The summed E-state index contributed by atoms with van der Waals surface area (Å²) >= 11 is 0. The second-order valence-electron chi connectivity index (χ2n) is 7.43. The van der Waals surface area contributed by atoms with Crippen LogP contribution in [-0.2, 0) is 4.74 Å². The largest absolute Gasteiger partial charge is 0.443 e. The van der Waals surface area contributed by atoms with E-state index in [4.69, 9.17) is 10.5 Å². The van der Waals surface area contributed by atoms with Crippen molar-refractivity contribution in [2.24, 2.45) is 0 Å². The van der Waals surface area contributed by atoms with Gasteiger partial charge in [0.1, 0.15) is 5.60 Å². The summed E-state index contributed by atoms with van der Waals surface area (Å²) in [5.74, 6) is 0. The number of piperazine rings is 1. The van der Waals surface area contributed by atoms with Crippen molar-refractivity contribution in [2.45, 2.75) is 26.4 Å². The lowest BCUT2D eigenvalue weighted by Gasteiger charge is -2.34. The average molecular weight is 330 g/mol. The van der Waals surface area contributed by atoms with Gasteiger partial charge in [0.2, 0.25) is 0 Å². The summed E-state index contributed by atoms with van der Waals surface area (Å²) < 4.78 is 7.03. The monoisotopic (exact) mass is 330 g/mol. The molecule has 0 unspecified atom stereocenters. The molecule has 1 aliphatic rings. The molecule has 6 heteroatoms. The first kappa shape index (κ1) is 16.6. The van der Waals surface area contributed by atoms with E-state index in [1.165, 1.54) is 4.57 Å². The summed E-state index contributed by atoms with van der Waals surface area (Å²) in [6.07, 6.45) is 1.38. The van der Waals surface area contributed by atoms with Crippen molar-refractivity contribution in [1.29, 1.82) is 0 Å². The Hall–Kier alpha value is -2.21. The van der Waals surface area contributed by atoms with Gasteiger partial charge >= 0.3 is 6.09 Å². The number of benzene rings is 1. The second-order valence-corrected chi connectivity index (χ2v) is 7.43. The van der Waals surface area contributed by atoms with Crippen molar-refractivity contribution >= 4 is 28.4 Å². The zero-order valence-electron chi connectivity index (χ0n) is 14.9. The molecule has 0 bridgehead atoms. The molecule has 1 aliphatic heterocycles. The highest BCUT2D eigenvalue weighted by Crippen LogP contribution is 2.32. The van der Waals surface area contributed by atoms with E-state index < -0.39 is 5.60 Å². The van der Waals surface area contributed by atoms with Gasteiger partial charge < -0.3 is 20.3 Å². The van der Waals surface area contributed by atoms with Crippen LogP contribution in [0.15, 0.2) is 24.4 Å². The molecule has 0 atom stereocenters. The maximum Gasteiger partial charge on any atom is 0.418 e. The van der Waals surface area contributed by atoms with Crippen molar-refractivity contribution in [3.63, 3.8) is 0 Å². The van der Waals surface area contributed by atoms with Crippen LogP contribution in [0.25, 0.3) is 10.9 Å². The van der Waals surface area contributed by atoms with Crippen LogP contribution in [0.1, 0.15) is 20.8 Å². The smallest absolute Gasteiger partial charge is 0.418 e. The lowest BCUT2D eigenvalue weighted by Crippen LogP contribution is -2.44. The fourth-order valence-corrected chi connectivity index (χ4v) is 3.02. The summed E-state index contributed by atoms with van der Waals surface area (Å²) in [5.41, 5.74) is 8.10. The number of likely N-dealkylation sites (N-methyl/N-ethyl adjacent to an activating group) is 1. The maximum atomic E-state index is 12.5. The molecule has 1 aromatic heterocycles. The Morgan fingerprint density at radius 1 is 1.17 bits per heavy atom. The summed E-state index contributed by atoms with van der Waals surface area (Å²) in [6, 6.07) is 5.79. The molecule has 0 saturated carbocycles. The number of fused-ring (bicyclic) bond motifs is 1. The molecule has 0 aliphatic carbocycles. The van der Waals surface area contributed by atoms with E-state index in [0.717, 1.165) is 42.8 Å². The summed E-state index contributed by atoms with van der Waals surface area (Å²) in [7, 11) is 2.13. The average Bonchev–Trinajstić information content (AvgIpc) is 2.89. The SMILES string of the molecule is CN1CCN(c2cc(N)cc3c2ccn3C(=O)OC(C)(C)C)CC1. The lowest BCUT2D eigenvalue weighted by molar-refractivity contribution is 0.0544. The van der Waals surface area contributed by atoms with Gasteiger partial charge in [-0.1, -0.05) is 0 Å². The summed E-state index contributed by atoms with van der Waals surface area (Å²) in [4.78, 5) is 17.1. The van der Waals surface area contributed by atoms with Gasteiger partial charge in [0.05, 0.1) is 5.52 Å². The van der Waals surface area contributed by atoms with Crippen LogP contribution in [0.4, 0.5) is 16.2 Å².